The lowest BCUT2D eigenvalue weighted by atomic mass is 10.0. The first-order valence-corrected chi connectivity index (χ1v) is 13.3. The average molecular weight is 572 g/mol. The summed E-state index contributed by atoms with van der Waals surface area (Å²) in [6, 6.07) is 22.1. The zero-order valence-corrected chi connectivity index (χ0v) is 23.0. The van der Waals surface area contributed by atoms with Crippen molar-refractivity contribution in [2.24, 2.45) is 0 Å². The van der Waals surface area contributed by atoms with Crippen LogP contribution in [0.2, 0.25) is 5.02 Å². The van der Waals surface area contributed by atoms with Crippen molar-refractivity contribution >= 4 is 39.3 Å². The van der Waals surface area contributed by atoms with E-state index in [1.807, 2.05) is 61.5 Å². The lowest BCUT2D eigenvalue weighted by Gasteiger charge is -2.31. The van der Waals surface area contributed by atoms with Crippen LogP contribution in [0, 0.1) is 6.92 Å². The van der Waals surface area contributed by atoms with E-state index in [1.165, 1.54) is 0 Å². The molecule has 190 valence electrons. The Bertz CT molecular complexity index is 1140. The molecule has 0 radical (unpaired) electrons. The number of nitrogens with one attached hydrogen (secondary N) is 1. The molecule has 3 aromatic carbocycles. The Balaban J connectivity index is 1.88. The van der Waals surface area contributed by atoms with Crippen LogP contribution in [0.4, 0.5) is 0 Å². The molecule has 7 heteroatoms. The van der Waals surface area contributed by atoms with Crippen LogP contribution in [0.1, 0.15) is 36.5 Å². The summed E-state index contributed by atoms with van der Waals surface area (Å²) in [6.45, 7) is 4.63. The molecule has 1 N–H and O–H groups in total. The number of benzene rings is 3. The number of halogens is 2. The van der Waals surface area contributed by atoms with Gasteiger partial charge in [0.25, 0.3) is 5.91 Å². The minimum atomic E-state index is -0.684. The molecule has 0 saturated carbocycles. The Morgan fingerprint density at radius 3 is 2.42 bits per heavy atom. The number of rotatable bonds is 12. The number of hydrogen-bond donors (Lipinski definition) is 1. The van der Waals surface area contributed by atoms with Gasteiger partial charge in [-0.25, -0.2) is 0 Å². The van der Waals surface area contributed by atoms with E-state index >= 15 is 0 Å². The fraction of sp³-hybridized carbons (Fsp3) is 0.310. The van der Waals surface area contributed by atoms with Crippen LogP contribution in [0.25, 0.3) is 0 Å². The van der Waals surface area contributed by atoms with Gasteiger partial charge in [-0.05, 0) is 60.4 Å². The second-order valence-electron chi connectivity index (χ2n) is 8.70. The van der Waals surface area contributed by atoms with E-state index < -0.39 is 6.04 Å². The number of unbranched alkanes of at least 4 members (excludes halogenated alkanes) is 1. The number of carbonyl (C=O) groups excluding carboxylic acids is 2. The summed E-state index contributed by atoms with van der Waals surface area (Å²) in [5.74, 6) is 0.123. The number of aryl methyl sites for hydroxylation is 1. The fourth-order valence-corrected chi connectivity index (χ4v) is 4.16. The second-order valence-corrected chi connectivity index (χ2v) is 10.0. The highest BCUT2D eigenvalue weighted by Gasteiger charge is 2.30. The van der Waals surface area contributed by atoms with Gasteiger partial charge in [-0.3, -0.25) is 9.59 Å². The number of ether oxygens (including phenoxy) is 1. The highest BCUT2D eigenvalue weighted by Crippen LogP contribution is 2.22. The van der Waals surface area contributed by atoms with Gasteiger partial charge in [-0.2, -0.15) is 0 Å². The van der Waals surface area contributed by atoms with Gasteiger partial charge in [0, 0.05) is 29.0 Å². The molecule has 0 saturated heterocycles. The van der Waals surface area contributed by atoms with Crippen molar-refractivity contribution in [3.8, 4) is 5.75 Å². The second kappa shape index (κ2) is 14.0. The van der Waals surface area contributed by atoms with Gasteiger partial charge in [0.05, 0.1) is 0 Å². The van der Waals surface area contributed by atoms with E-state index in [1.54, 1.807) is 23.1 Å². The SMILES string of the molecule is CCCCNC(=O)[C@H](Cc1ccccc1)N(Cc1ccc(Br)cc1)C(=O)COc1ccc(Cl)c(C)c1. The third-order valence-corrected chi connectivity index (χ3v) is 6.81. The minimum absolute atomic E-state index is 0.167. The molecule has 0 heterocycles. The van der Waals surface area contributed by atoms with Crippen LogP contribution in [0.5, 0.6) is 5.75 Å². The summed E-state index contributed by atoms with van der Waals surface area (Å²) in [5, 5.41) is 3.66. The third kappa shape index (κ3) is 8.38. The summed E-state index contributed by atoms with van der Waals surface area (Å²) in [6.07, 6.45) is 2.25. The highest BCUT2D eigenvalue weighted by molar-refractivity contribution is 9.10. The van der Waals surface area contributed by atoms with Crippen molar-refractivity contribution in [2.75, 3.05) is 13.2 Å². The first kappa shape index (κ1) is 27.8. The molecule has 0 aliphatic rings. The molecule has 3 aromatic rings. The first-order valence-electron chi connectivity index (χ1n) is 12.1. The van der Waals surface area contributed by atoms with Crippen molar-refractivity contribution in [1.29, 1.82) is 0 Å². The van der Waals surface area contributed by atoms with E-state index in [4.69, 9.17) is 16.3 Å². The van der Waals surface area contributed by atoms with E-state index in [2.05, 4.69) is 28.2 Å². The van der Waals surface area contributed by atoms with E-state index in [-0.39, 0.29) is 25.0 Å². The number of hydrogen-bond acceptors (Lipinski definition) is 3. The zero-order chi connectivity index (χ0) is 25.9. The van der Waals surface area contributed by atoms with Gasteiger partial charge in [0.1, 0.15) is 11.8 Å². The van der Waals surface area contributed by atoms with Crippen molar-refractivity contribution in [1.82, 2.24) is 10.2 Å². The van der Waals surface area contributed by atoms with Crippen LogP contribution in [-0.2, 0) is 22.6 Å². The molecule has 3 rings (SSSR count). The van der Waals surface area contributed by atoms with Crippen LogP contribution < -0.4 is 10.1 Å². The van der Waals surface area contributed by atoms with Crippen LogP contribution >= 0.6 is 27.5 Å². The number of nitrogens with zero attached hydrogens (tertiary/aromatic N) is 1. The molecular formula is C29H32BrClN2O3. The normalized spacial score (nSPS) is 11.6. The zero-order valence-electron chi connectivity index (χ0n) is 20.7. The molecule has 2 amide bonds. The lowest BCUT2D eigenvalue weighted by Crippen LogP contribution is -2.51. The standard InChI is InChI=1S/C29H32BrClN2O3/c1-3-4-16-32-29(35)27(18-22-8-6-5-7-9-22)33(19-23-10-12-24(30)13-11-23)28(34)20-36-25-14-15-26(31)21(2)17-25/h5-15,17,27H,3-4,16,18-20H2,1-2H3,(H,32,35)/t27-/m0/s1. The monoisotopic (exact) mass is 570 g/mol. The molecule has 0 aliphatic heterocycles. The van der Waals surface area contributed by atoms with Gasteiger partial charge in [-0.1, -0.05) is 83.3 Å². The predicted molar refractivity (Wildman–Crippen MR) is 148 cm³/mol. The molecule has 0 fully saturated rings. The van der Waals surface area contributed by atoms with E-state index in [0.29, 0.717) is 23.7 Å². The van der Waals surface area contributed by atoms with Gasteiger partial charge in [0.15, 0.2) is 6.61 Å². The molecule has 0 bridgehead atoms. The Morgan fingerprint density at radius 1 is 1.03 bits per heavy atom. The molecule has 36 heavy (non-hydrogen) atoms. The highest BCUT2D eigenvalue weighted by atomic mass is 79.9. The molecule has 1 atom stereocenters. The van der Waals surface area contributed by atoms with E-state index in [0.717, 1.165) is 34.0 Å². The van der Waals surface area contributed by atoms with Gasteiger partial charge in [0.2, 0.25) is 5.91 Å². The molecule has 5 nitrogen and oxygen atoms in total. The van der Waals surface area contributed by atoms with Gasteiger partial charge < -0.3 is 15.0 Å². The quantitative estimate of drug-likeness (QED) is 0.258. The van der Waals surface area contributed by atoms with Crippen LogP contribution in [0.15, 0.2) is 77.3 Å². The largest absolute Gasteiger partial charge is 0.484 e. The Kier molecular flexibility index (Phi) is 10.8. The number of carbonyl (C=O) groups is 2. The molecule has 0 unspecified atom stereocenters. The minimum Gasteiger partial charge on any atom is -0.484 e. The maximum Gasteiger partial charge on any atom is 0.261 e. The summed E-state index contributed by atoms with van der Waals surface area (Å²) in [4.78, 5) is 28.6. The van der Waals surface area contributed by atoms with E-state index in [9.17, 15) is 9.59 Å². The van der Waals surface area contributed by atoms with Crippen LogP contribution in [-0.4, -0.2) is 35.9 Å². The maximum absolute atomic E-state index is 13.6. The molecule has 0 spiro atoms. The van der Waals surface area contributed by atoms with Crippen LogP contribution in [0.3, 0.4) is 0 Å². The molecule has 0 aromatic heterocycles. The molecular weight excluding hydrogens is 540 g/mol. The summed E-state index contributed by atoms with van der Waals surface area (Å²) < 4.78 is 6.78. The summed E-state index contributed by atoms with van der Waals surface area (Å²) >= 11 is 9.58. The average Bonchev–Trinajstić information content (AvgIpc) is 2.88. The van der Waals surface area contributed by atoms with Crippen molar-refractivity contribution < 1.29 is 14.3 Å². The van der Waals surface area contributed by atoms with Crippen molar-refractivity contribution in [3.05, 3.63) is 99.0 Å². The Morgan fingerprint density at radius 2 is 1.75 bits per heavy atom. The maximum atomic E-state index is 13.6. The summed E-state index contributed by atoms with van der Waals surface area (Å²) in [7, 11) is 0. The van der Waals surface area contributed by atoms with Crippen molar-refractivity contribution in [3.63, 3.8) is 0 Å². The van der Waals surface area contributed by atoms with Crippen molar-refractivity contribution in [2.45, 2.75) is 45.7 Å². The van der Waals surface area contributed by atoms with Gasteiger partial charge >= 0.3 is 0 Å². The number of amides is 2. The third-order valence-electron chi connectivity index (χ3n) is 5.86. The smallest absolute Gasteiger partial charge is 0.261 e. The van der Waals surface area contributed by atoms with Gasteiger partial charge in [-0.15, -0.1) is 0 Å². The Hall–Kier alpha value is -2.83. The first-order chi connectivity index (χ1) is 17.4. The predicted octanol–water partition coefficient (Wildman–Crippen LogP) is 6.35. The topological polar surface area (TPSA) is 58.6 Å². The molecule has 0 aliphatic carbocycles. The Labute approximate surface area is 226 Å². The summed E-state index contributed by atoms with van der Waals surface area (Å²) in [5.41, 5.74) is 2.77. The fourth-order valence-electron chi connectivity index (χ4n) is 3.78. The lowest BCUT2D eigenvalue weighted by molar-refractivity contribution is -0.142.